The van der Waals surface area contributed by atoms with Gasteiger partial charge < -0.3 is 4.52 Å². The Bertz CT molecular complexity index is 328. The molecule has 0 spiro atoms. The van der Waals surface area contributed by atoms with Gasteiger partial charge in [-0.05, 0) is 0 Å². The van der Waals surface area contributed by atoms with Gasteiger partial charge in [0.2, 0.25) is 0 Å². The van der Waals surface area contributed by atoms with Gasteiger partial charge in [0.15, 0.2) is 8.45 Å². The summed E-state index contributed by atoms with van der Waals surface area (Å²) in [4.78, 5) is 7.59. The summed E-state index contributed by atoms with van der Waals surface area (Å²) in [5.41, 5.74) is 0. The smallest absolute Gasteiger partial charge is 0.325 e. The van der Waals surface area contributed by atoms with Crippen molar-refractivity contribution in [2.45, 2.75) is 24.2 Å². The summed E-state index contributed by atoms with van der Waals surface area (Å²) >= 11 is 0. The number of hydrogen-bond acceptors (Lipinski definition) is 4. The van der Waals surface area contributed by atoms with Crippen LogP contribution in [0.4, 0.5) is 35.1 Å². The highest BCUT2D eigenvalue weighted by Gasteiger charge is 2.75. The van der Waals surface area contributed by atoms with Crippen molar-refractivity contribution in [3.05, 3.63) is 0 Å². The van der Waals surface area contributed by atoms with Crippen LogP contribution in [0.25, 0.3) is 0 Å². The molecule has 1 aliphatic heterocycles. The Balaban J connectivity index is 2.70. The van der Waals surface area contributed by atoms with Crippen LogP contribution in [0.15, 0.2) is 0 Å². The minimum atomic E-state index is -6.23. The predicted octanol–water partition coefficient (Wildman–Crippen LogP) is 3.20. The molecule has 0 aromatic heterocycles. The fourth-order valence-corrected chi connectivity index (χ4v) is 4.95. The number of nitrogens with one attached hydrogen (secondary N) is 3. The van der Waals surface area contributed by atoms with Gasteiger partial charge in [-0.25, -0.2) is 18.5 Å². The Morgan fingerprint density at radius 2 is 1.50 bits per heavy atom. The van der Waals surface area contributed by atoms with E-state index in [4.69, 9.17) is 0 Å². The zero-order chi connectivity index (χ0) is 15.6. The summed E-state index contributed by atoms with van der Waals surface area (Å²) in [5.74, 6) is -17.8. The Hall–Kier alpha value is 0.570. The van der Waals surface area contributed by atoms with E-state index in [9.17, 15) is 35.1 Å². The highest BCUT2D eigenvalue weighted by Crippen LogP contribution is 2.50. The van der Waals surface area contributed by atoms with Gasteiger partial charge in [-0.2, -0.15) is 26.3 Å². The molecular weight excluding hydrogens is 363 g/mol. The molecule has 20 heavy (non-hydrogen) atoms. The normalized spacial score (nSPS) is 24.8. The van der Waals surface area contributed by atoms with Crippen LogP contribution in [0.2, 0.25) is 0 Å². The molecule has 15 heteroatoms. The van der Waals surface area contributed by atoms with Crippen molar-refractivity contribution in [1.82, 2.24) is 14.6 Å². The van der Waals surface area contributed by atoms with Crippen LogP contribution < -0.4 is 14.6 Å². The van der Waals surface area contributed by atoms with Gasteiger partial charge in [0.25, 0.3) is 0 Å². The largest absolute Gasteiger partial charge is 0.380 e. The maximum Gasteiger partial charge on any atom is 0.380 e. The molecule has 1 rings (SSSR count). The lowest BCUT2D eigenvalue weighted by Gasteiger charge is -2.33. The molecule has 1 aliphatic rings. The van der Waals surface area contributed by atoms with E-state index in [-0.39, 0.29) is 17.8 Å². The van der Waals surface area contributed by atoms with Crippen LogP contribution in [-0.4, -0.2) is 30.8 Å². The lowest BCUT2D eigenvalue weighted by atomic mass is 10.1. The molecule has 1 fully saturated rings. The molecule has 0 aromatic rings. The third kappa shape index (κ3) is 3.85. The second-order valence-corrected chi connectivity index (χ2v) is 7.50. The van der Waals surface area contributed by atoms with E-state index in [1.807, 2.05) is 0 Å². The first kappa shape index (κ1) is 18.6. The van der Waals surface area contributed by atoms with Crippen molar-refractivity contribution in [3.8, 4) is 0 Å². The quantitative estimate of drug-likeness (QED) is 0.496. The molecule has 0 saturated carbocycles. The van der Waals surface area contributed by atoms with E-state index in [1.165, 1.54) is 0 Å². The van der Waals surface area contributed by atoms with E-state index in [0.717, 1.165) is 0 Å². The minimum Gasteiger partial charge on any atom is -0.325 e. The highest BCUT2D eigenvalue weighted by atomic mass is 31.2. The summed E-state index contributed by atoms with van der Waals surface area (Å²) in [5, 5.41) is 0. The fourth-order valence-electron chi connectivity index (χ4n) is 0.898. The van der Waals surface area contributed by atoms with Gasteiger partial charge in [0, 0.05) is 17.8 Å². The monoisotopic (exact) mass is 371 g/mol. The van der Waals surface area contributed by atoms with Gasteiger partial charge in [0.05, 0.1) is 0 Å². The van der Waals surface area contributed by atoms with Crippen molar-refractivity contribution in [2.24, 2.45) is 0 Å². The SMILES string of the molecule is FC(F)C(F)(F)C(F)(F)C(F)(F)COP1NPNPN1. The molecule has 4 nitrogen and oxygen atoms in total. The predicted molar refractivity (Wildman–Crippen MR) is 59.8 cm³/mol. The first-order chi connectivity index (χ1) is 9.02. The fraction of sp³-hybridized carbons (Fsp3) is 1.00. The number of halogens is 8. The van der Waals surface area contributed by atoms with E-state index < -0.39 is 39.2 Å². The average Bonchev–Trinajstić information content (AvgIpc) is 2.37. The molecule has 0 aliphatic carbocycles. The van der Waals surface area contributed by atoms with Crippen molar-refractivity contribution in [2.75, 3.05) is 6.61 Å². The number of rotatable bonds is 6. The average molecular weight is 371 g/mol. The summed E-state index contributed by atoms with van der Waals surface area (Å²) in [6.45, 7) is -2.12. The van der Waals surface area contributed by atoms with Gasteiger partial charge in [-0.3, -0.25) is 4.86 Å². The zero-order valence-electron chi connectivity index (χ0n) is 9.16. The molecule has 1 saturated heterocycles. The van der Waals surface area contributed by atoms with Crippen LogP contribution in [0, 0.1) is 0 Å². The summed E-state index contributed by atoms with van der Waals surface area (Å²) < 4.78 is 105. The molecule has 0 aromatic carbocycles. The first-order valence-corrected chi connectivity index (χ1v) is 7.89. The van der Waals surface area contributed by atoms with Gasteiger partial charge in [-0.15, -0.1) is 0 Å². The lowest BCUT2D eigenvalue weighted by Crippen LogP contribution is -2.59. The molecule has 120 valence electrons. The van der Waals surface area contributed by atoms with E-state index in [1.54, 1.807) is 0 Å². The van der Waals surface area contributed by atoms with Crippen LogP contribution >= 0.6 is 26.2 Å². The van der Waals surface area contributed by atoms with E-state index in [0.29, 0.717) is 0 Å². The third-order valence-corrected chi connectivity index (χ3v) is 5.87. The maximum absolute atomic E-state index is 13.1. The van der Waals surface area contributed by atoms with Gasteiger partial charge in [-0.1, -0.05) is 0 Å². The Morgan fingerprint density at radius 1 is 1.00 bits per heavy atom. The Kier molecular flexibility index (Phi) is 6.30. The number of hydrogen-bond donors (Lipinski definition) is 3. The molecule has 2 unspecified atom stereocenters. The first-order valence-electron chi connectivity index (χ1n) is 4.63. The third-order valence-electron chi connectivity index (χ3n) is 1.97. The molecule has 1 heterocycles. The number of alkyl halides is 8. The summed E-state index contributed by atoms with van der Waals surface area (Å²) in [6.07, 6.45) is -4.92. The molecule has 0 bridgehead atoms. The van der Waals surface area contributed by atoms with Crippen LogP contribution in [0.1, 0.15) is 0 Å². The highest BCUT2D eigenvalue weighted by molar-refractivity contribution is 7.71. The van der Waals surface area contributed by atoms with Crippen molar-refractivity contribution in [1.29, 1.82) is 0 Å². The maximum atomic E-state index is 13.1. The molecule has 0 amide bonds. The van der Waals surface area contributed by atoms with Crippen LogP contribution in [0.5, 0.6) is 0 Å². The molecule has 3 N–H and O–H groups in total. The molecular formula is C5H8F8N3OP3. The van der Waals surface area contributed by atoms with Crippen molar-refractivity contribution >= 4 is 26.2 Å². The van der Waals surface area contributed by atoms with Crippen LogP contribution in [0.3, 0.4) is 0 Å². The van der Waals surface area contributed by atoms with Gasteiger partial charge >= 0.3 is 24.2 Å². The standard InChI is InChI=1S/C5H8F8N3OP3/c6-2(7)4(10,11)5(12,13)3(8,9)1-17-20-15-18-14-19-16-20/h2,14-16,18-19H,1H2. The molecule has 2 atom stereocenters. The van der Waals surface area contributed by atoms with Crippen LogP contribution in [-0.2, 0) is 4.52 Å². The Morgan fingerprint density at radius 3 is 1.95 bits per heavy atom. The zero-order valence-corrected chi connectivity index (χ0v) is 12.1. The summed E-state index contributed by atoms with van der Waals surface area (Å²) in [6, 6.07) is 0. The van der Waals surface area contributed by atoms with Gasteiger partial charge in [0.1, 0.15) is 6.61 Å². The van der Waals surface area contributed by atoms with Crippen molar-refractivity contribution in [3.63, 3.8) is 0 Å². The second kappa shape index (κ2) is 6.77. The topological polar surface area (TPSA) is 45.3 Å². The molecule has 0 radical (unpaired) electrons. The van der Waals surface area contributed by atoms with E-state index >= 15 is 0 Å². The minimum absolute atomic E-state index is 0.0999. The summed E-state index contributed by atoms with van der Waals surface area (Å²) in [7, 11) is -2.12. The second-order valence-electron chi connectivity index (χ2n) is 3.37. The Labute approximate surface area is 112 Å². The van der Waals surface area contributed by atoms with Crippen molar-refractivity contribution < 1.29 is 39.6 Å². The lowest BCUT2D eigenvalue weighted by molar-refractivity contribution is -0.342. The van der Waals surface area contributed by atoms with E-state index in [2.05, 4.69) is 19.1 Å².